The fourth-order valence-electron chi connectivity index (χ4n) is 2.62. The van der Waals surface area contributed by atoms with E-state index in [2.05, 4.69) is 15.4 Å². The first-order valence-electron chi connectivity index (χ1n) is 7.68. The number of methoxy groups -OCH3 is 1. The van der Waals surface area contributed by atoms with Gasteiger partial charge in [-0.2, -0.15) is 5.10 Å². The Morgan fingerprint density at radius 2 is 2.27 bits per heavy atom. The average molecular weight is 378 g/mol. The molecule has 0 spiro atoms. The molecule has 1 aliphatic rings. The zero-order valence-corrected chi connectivity index (χ0v) is 14.6. The van der Waals surface area contributed by atoms with Crippen LogP contribution in [-0.4, -0.2) is 63.5 Å². The van der Waals surface area contributed by atoms with E-state index in [1.54, 1.807) is 18.2 Å². The maximum atomic E-state index is 12.6. The van der Waals surface area contributed by atoms with E-state index in [4.69, 9.17) is 21.4 Å². The SMILES string of the molecule is COC(=O)C1=C(Nc2cc(Cl)ccc2-n2cncn2)C(=O)N(CCO)C1. The number of aromatic nitrogens is 3. The van der Waals surface area contributed by atoms with Crippen molar-refractivity contribution >= 4 is 29.2 Å². The fraction of sp³-hybridized carbons (Fsp3) is 0.250. The molecule has 136 valence electrons. The predicted octanol–water partition coefficient (Wildman–Crippen LogP) is 0.594. The van der Waals surface area contributed by atoms with Crippen LogP contribution in [0.2, 0.25) is 5.02 Å². The van der Waals surface area contributed by atoms with E-state index in [0.29, 0.717) is 16.4 Å². The number of nitrogens with zero attached hydrogens (tertiary/aromatic N) is 4. The van der Waals surface area contributed by atoms with Gasteiger partial charge in [0.1, 0.15) is 18.4 Å². The first-order chi connectivity index (χ1) is 12.5. The second kappa shape index (κ2) is 7.54. The Labute approximate surface area is 153 Å². The maximum Gasteiger partial charge on any atom is 0.337 e. The summed E-state index contributed by atoms with van der Waals surface area (Å²) in [5.74, 6) is -1.03. The Bertz CT molecular complexity index is 866. The number of amides is 1. The zero-order chi connectivity index (χ0) is 18.7. The van der Waals surface area contributed by atoms with Crippen LogP contribution in [0, 0.1) is 0 Å². The van der Waals surface area contributed by atoms with E-state index in [1.807, 2.05) is 0 Å². The lowest BCUT2D eigenvalue weighted by Gasteiger charge is -2.16. The summed E-state index contributed by atoms with van der Waals surface area (Å²) >= 11 is 6.08. The molecule has 0 saturated carbocycles. The van der Waals surface area contributed by atoms with Crippen LogP contribution in [0.1, 0.15) is 0 Å². The molecular weight excluding hydrogens is 362 g/mol. The molecule has 9 nitrogen and oxygen atoms in total. The quantitative estimate of drug-likeness (QED) is 0.709. The van der Waals surface area contributed by atoms with Crippen LogP contribution in [-0.2, 0) is 14.3 Å². The number of β-amino-alcohol motifs (C(OH)–C–C–N with tert-alkyl or cyclic N) is 1. The van der Waals surface area contributed by atoms with Gasteiger partial charge in [0, 0.05) is 11.6 Å². The number of nitrogens with one attached hydrogen (secondary N) is 1. The van der Waals surface area contributed by atoms with Gasteiger partial charge in [-0.15, -0.1) is 0 Å². The van der Waals surface area contributed by atoms with Gasteiger partial charge in [0.2, 0.25) is 0 Å². The number of aliphatic hydroxyl groups excluding tert-OH is 1. The summed E-state index contributed by atoms with van der Waals surface area (Å²) in [6, 6.07) is 5.00. The van der Waals surface area contributed by atoms with Gasteiger partial charge < -0.3 is 20.1 Å². The number of carbonyl (C=O) groups excluding carboxylic acids is 2. The molecule has 2 N–H and O–H groups in total. The molecule has 1 aliphatic heterocycles. The van der Waals surface area contributed by atoms with Crippen LogP contribution in [0.25, 0.3) is 5.69 Å². The van der Waals surface area contributed by atoms with Crippen molar-refractivity contribution in [1.29, 1.82) is 0 Å². The van der Waals surface area contributed by atoms with Crippen molar-refractivity contribution in [3.8, 4) is 5.69 Å². The van der Waals surface area contributed by atoms with Gasteiger partial charge >= 0.3 is 5.97 Å². The summed E-state index contributed by atoms with van der Waals surface area (Å²) in [4.78, 5) is 30.0. The second-order valence-corrected chi connectivity index (χ2v) is 5.86. The van der Waals surface area contributed by atoms with Gasteiger partial charge in [-0.3, -0.25) is 4.79 Å². The number of ether oxygens (including phenoxy) is 1. The third-order valence-electron chi connectivity index (χ3n) is 3.84. The number of aliphatic hydroxyl groups is 1. The number of hydrogen-bond acceptors (Lipinski definition) is 7. The molecule has 0 bridgehead atoms. The number of esters is 1. The smallest absolute Gasteiger partial charge is 0.337 e. The fourth-order valence-corrected chi connectivity index (χ4v) is 2.80. The predicted molar refractivity (Wildman–Crippen MR) is 92.7 cm³/mol. The van der Waals surface area contributed by atoms with Crippen molar-refractivity contribution < 1.29 is 19.4 Å². The molecule has 1 aromatic heterocycles. The number of rotatable bonds is 6. The summed E-state index contributed by atoms with van der Waals surface area (Å²) < 4.78 is 6.27. The Balaban J connectivity index is 2.02. The summed E-state index contributed by atoms with van der Waals surface area (Å²) in [7, 11) is 1.24. The summed E-state index contributed by atoms with van der Waals surface area (Å²) in [6.45, 7) is -0.0571. The van der Waals surface area contributed by atoms with Crippen molar-refractivity contribution in [2.24, 2.45) is 0 Å². The third kappa shape index (κ3) is 3.39. The average Bonchev–Trinajstić information content (AvgIpc) is 3.26. The standard InChI is InChI=1S/C16H16ClN5O4/c1-26-16(25)11-7-21(4-5-23)15(24)14(11)20-12-6-10(17)2-3-13(12)22-9-18-8-19-22/h2-3,6,8-9,20,23H,4-5,7H2,1H3. The van der Waals surface area contributed by atoms with Gasteiger partial charge in [0.25, 0.3) is 5.91 Å². The monoisotopic (exact) mass is 377 g/mol. The highest BCUT2D eigenvalue weighted by molar-refractivity contribution is 6.31. The molecule has 1 aromatic carbocycles. The summed E-state index contributed by atoms with van der Waals surface area (Å²) in [5.41, 5.74) is 1.32. The molecule has 0 radical (unpaired) electrons. The first kappa shape index (κ1) is 17.9. The van der Waals surface area contributed by atoms with E-state index in [1.165, 1.54) is 29.3 Å². The number of halogens is 1. The van der Waals surface area contributed by atoms with Gasteiger partial charge in [-0.05, 0) is 18.2 Å². The molecule has 2 aromatic rings. The maximum absolute atomic E-state index is 12.6. The van der Waals surface area contributed by atoms with Crippen LogP contribution >= 0.6 is 11.6 Å². The molecule has 3 rings (SSSR count). The molecule has 26 heavy (non-hydrogen) atoms. The van der Waals surface area contributed by atoms with Crippen LogP contribution < -0.4 is 5.32 Å². The van der Waals surface area contributed by atoms with Crippen molar-refractivity contribution in [2.45, 2.75) is 0 Å². The zero-order valence-electron chi connectivity index (χ0n) is 13.8. The van der Waals surface area contributed by atoms with Crippen molar-refractivity contribution in [3.63, 3.8) is 0 Å². The Morgan fingerprint density at radius 1 is 1.46 bits per heavy atom. The van der Waals surface area contributed by atoms with Crippen LogP contribution in [0.15, 0.2) is 42.1 Å². The van der Waals surface area contributed by atoms with Crippen molar-refractivity contribution in [2.75, 3.05) is 32.1 Å². The van der Waals surface area contributed by atoms with E-state index in [9.17, 15) is 9.59 Å². The lowest BCUT2D eigenvalue weighted by molar-refractivity contribution is -0.136. The normalized spacial score (nSPS) is 14.1. The third-order valence-corrected chi connectivity index (χ3v) is 4.07. The van der Waals surface area contributed by atoms with Gasteiger partial charge in [0.05, 0.1) is 37.2 Å². The molecule has 0 aliphatic carbocycles. The Kier molecular flexibility index (Phi) is 5.19. The molecule has 0 atom stereocenters. The molecule has 0 unspecified atom stereocenters. The minimum Gasteiger partial charge on any atom is -0.466 e. The molecule has 0 saturated heterocycles. The van der Waals surface area contributed by atoms with E-state index < -0.39 is 11.9 Å². The number of anilines is 1. The molecular formula is C16H16ClN5O4. The molecule has 0 fully saturated rings. The number of hydrogen-bond donors (Lipinski definition) is 2. The van der Waals surface area contributed by atoms with Gasteiger partial charge in [-0.25, -0.2) is 14.5 Å². The highest BCUT2D eigenvalue weighted by Gasteiger charge is 2.34. The molecule has 1 amide bonds. The molecule has 10 heteroatoms. The summed E-state index contributed by atoms with van der Waals surface area (Å²) in [5, 5.41) is 16.6. The lowest BCUT2D eigenvalue weighted by atomic mass is 10.2. The van der Waals surface area contributed by atoms with E-state index in [-0.39, 0.29) is 31.0 Å². The van der Waals surface area contributed by atoms with Crippen LogP contribution in [0.5, 0.6) is 0 Å². The topological polar surface area (TPSA) is 110 Å². The minimum absolute atomic E-state index is 0.0492. The largest absolute Gasteiger partial charge is 0.466 e. The Morgan fingerprint density at radius 3 is 2.92 bits per heavy atom. The van der Waals surface area contributed by atoms with Crippen LogP contribution in [0.3, 0.4) is 0 Å². The van der Waals surface area contributed by atoms with Crippen LogP contribution in [0.4, 0.5) is 5.69 Å². The van der Waals surface area contributed by atoms with Gasteiger partial charge in [-0.1, -0.05) is 11.6 Å². The lowest BCUT2D eigenvalue weighted by Crippen LogP contribution is -2.31. The number of benzene rings is 1. The highest BCUT2D eigenvalue weighted by atomic mass is 35.5. The highest BCUT2D eigenvalue weighted by Crippen LogP contribution is 2.28. The summed E-state index contributed by atoms with van der Waals surface area (Å²) in [6.07, 6.45) is 2.87. The number of carbonyl (C=O) groups is 2. The van der Waals surface area contributed by atoms with Crippen molar-refractivity contribution in [1.82, 2.24) is 19.7 Å². The Hall–Kier alpha value is -2.91. The first-order valence-corrected chi connectivity index (χ1v) is 8.06. The van der Waals surface area contributed by atoms with Crippen molar-refractivity contribution in [3.05, 3.63) is 47.1 Å². The second-order valence-electron chi connectivity index (χ2n) is 5.42. The minimum atomic E-state index is -0.620. The van der Waals surface area contributed by atoms with E-state index >= 15 is 0 Å². The molecule has 2 heterocycles. The van der Waals surface area contributed by atoms with Gasteiger partial charge in [0.15, 0.2) is 0 Å². The van der Waals surface area contributed by atoms with E-state index in [0.717, 1.165) is 0 Å².